The molecule has 5 heteroatoms. The van der Waals surface area contributed by atoms with Crippen LogP contribution >= 0.6 is 0 Å². The van der Waals surface area contributed by atoms with Gasteiger partial charge in [-0.25, -0.2) is 0 Å². The number of aryl methyl sites for hydroxylation is 1. The lowest BCUT2D eigenvalue weighted by atomic mass is 10.1. The quantitative estimate of drug-likeness (QED) is 0.828. The lowest BCUT2D eigenvalue weighted by molar-refractivity contribution is 0.641. The number of hydrogen-bond acceptors (Lipinski definition) is 3. The Hall–Kier alpha value is -1.91. The van der Waals surface area contributed by atoms with Gasteiger partial charge in [-0.2, -0.15) is 0 Å². The van der Waals surface area contributed by atoms with Crippen molar-refractivity contribution in [1.82, 2.24) is 19.3 Å². The van der Waals surface area contributed by atoms with Crippen LogP contribution in [0.2, 0.25) is 0 Å². The van der Waals surface area contributed by atoms with Gasteiger partial charge >= 0.3 is 0 Å². The molecule has 2 aromatic heterocycles. The topological polar surface area (TPSA) is 52.7 Å². The molecule has 0 aromatic carbocycles. The van der Waals surface area contributed by atoms with Crippen LogP contribution in [-0.4, -0.2) is 19.3 Å². The van der Waals surface area contributed by atoms with Crippen molar-refractivity contribution in [2.45, 2.75) is 26.2 Å². The summed E-state index contributed by atoms with van der Waals surface area (Å²) in [5.41, 5.74) is 0.767. The van der Waals surface area contributed by atoms with E-state index in [1.165, 1.54) is 4.57 Å². The normalized spacial score (nSPS) is 12.7. The Kier molecular flexibility index (Phi) is 3.32. The summed E-state index contributed by atoms with van der Waals surface area (Å²) in [5, 5.41) is 8.41. The van der Waals surface area contributed by atoms with E-state index in [2.05, 4.69) is 24.0 Å². The number of pyridine rings is 1. The summed E-state index contributed by atoms with van der Waals surface area (Å²) in [4.78, 5) is 11.6. The summed E-state index contributed by atoms with van der Waals surface area (Å²) >= 11 is 0. The molecule has 18 heavy (non-hydrogen) atoms. The molecular weight excluding hydrogens is 228 g/mol. The van der Waals surface area contributed by atoms with E-state index in [1.54, 1.807) is 19.3 Å². The summed E-state index contributed by atoms with van der Waals surface area (Å²) < 4.78 is 3.50. The van der Waals surface area contributed by atoms with Crippen LogP contribution in [0.1, 0.15) is 32.0 Å². The molecule has 0 amide bonds. The summed E-state index contributed by atoms with van der Waals surface area (Å²) in [6, 6.07) is 3.47. The summed E-state index contributed by atoms with van der Waals surface area (Å²) in [6.07, 6.45) is 2.76. The van der Waals surface area contributed by atoms with Crippen LogP contribution < -0.4 is 5.56 Å². The van der Waals surface area contributed by atoms with Crippen molar-refractivity contribution in [3.05, 3.63) is 34.5 Å². The van der Waals surface area contributed by atoms with Crippen molar-refractivity contribution >= 4 is 0 Å². The van der Waals surface area contributed by atoms with E-state index in [1.807, 2.05) is 17.7 Å². The number of aromatic nitrogens is 4. The molecule has 5 nitrogen and oxygen atoms in total. The SMILES string of the molecule is CCC(C)c1nnc(-c2ccn(C)c(=O)c2)n1C. The van der Waals surface area contributed by atoms with E-state index in [0.29, 0.717) is 5.92 Å². The molecule has 2 heterocycles. The van der Waals surface area contributed by atoms with Gasteiger partial charge in [0.1, 0.15) is 5.82 Å². The van der Waals surface area contributed by atoms with Crippen LogP contribution in [0.5, 0.6) is 0 Å². The van der Waals surface area contributed by atoms with Gasteiger partial charge in [-0.3, -0.25) is 4.79 Å². The van der Waals surface area contributed by atoms with E-state index >= 15 is 0 Å². The highest BCUT2D eigenvalue weighted by Crippen LogP contribution is 2.21. The molecule has 0 saturated heterocycles. The average Bonchev–Trinajstić information content (AvgIpc) is 2.74. The van der Waals surface area contributed by atoms with Gasteiger partial charge < -0.3 is 9.13 Å². The molecule has 0 saturated carbocycles. The lowest BCUT2D eigenvalue weighted by Crippen LogP contribution is -2.14. The maximum Gasteiger partial charge on any atom is 0.250 e. The van der Waals surface area contributed by atoms with Crippen molar-refractivity contribution < 1.29 is 0 Å². The van der Waals surface area contributed by atoms with Crippen LogP contribution in [0.15, 0.2) is 23.1 Å². The van der Waals surface area contributed by atoms with E-state index in [9.17, 15) is 4.79 Å². The predicted molar refractivity (Wildman–Crippen MR) is 70.4 cm³/mol. The molecule has 1 unspecified atom stereocenters. The summed E-state index contributed by atoms with van der Waals surface area (Å²) in [6.45, 7) is 4.25. The molecule has 0 spiro atoms. The van der Waals surface area contributed by atoms with Gasteiger partial charge in [-0.05, 0) is 12.5 Å². The van der Waals surface area contributed by atoms with Crippen molar-refractivity contribution in [2.24, 2.45) is 14.1 Å². The molecule has 0 aliphatic rings. The highest BCUT2D eigenvalue weighted by atomic mass is 16.1. The van der Waals surface area contributed by atoms with E-state index in [0.717, 1.165) is 23.6 Å². The molecule has 0 aliphatic carbocycles. The number of nitrogens with zero attached hydrogens (tertiary/aromatic N) is 4. The van der Waals surface area contributed by atoms with Gasteiger partial charge in [-0.15, -0.1) is 10.2 Å². The Balaban J connectivity index is 2.48. The first kappa shape index (κ1) is 12.5. The molecule has 96 valence electrons. The predicted octanol–water partition coefficient (Wildman–Crippen LogP) is 1.69. The minimum atomic E-state index is -0.0411. The van der Waals surface area contributed by atoms with Gasteiger partial charge in [0, 0.05) is 37.8 Å². The van der Waals surface area contributed by atoms with Crippen LogP contribution in [-0.2, 0) is 14.1 Å². The van der Waals surface area contributed by atoms with E-state index in [4.69, 9.17) is 0 Å². The van der Waals surface area contributed by atoms with Gasteiger partial charge in [0.25, 0.3) is 5.56 Å². The first-order valence-corrected chi connectivity index (χ1v) is 6.11. The fourth-order valence-corrected chi connectivity index (χ4v) is 1.89. The highest BCUT2D eigenvalue weighted by molar-refractivity contribution is 5.54. The Morgan fingerprint density at radius 3 is 2.67 bits per heavy atom. The van der Waals surface area contributed by atoms with E-state index < -0.39 is 0 Å². The second-order valence-electron chi connectivity index (χ2n) is 4.61. The van der Waals surface area contributed by atoms with Crippen molar-refractivity contribution in [3.63, 3.8) is 0 Å². The molecule has 0 radical (unpaired) electrons. The molecular formula is C13H18N4O. The molecule has 0 N–H and O–H groups in total. The fraction of sp³-hybridized carbons (Fsp3) is 0.462. The second kappa shape index (κ2) is 4.76. The zero-order valence-electron chi connectivity index (χ0n) is 11.2. The van der Waals surface area contributed by atoms with Crippen molar-refractivity contribution in [2.75, 3.05) is 0 Å². The Labute approximate surface area is 106 Å². The smallest absolute Gasteiger partial charge is 0.250 e. The Bertz CT molecular complexity index is 612. The monoisotopic (exact) mass is 246 g/mol. The standard InChI is InChI=1S/C13H18N4O/c1-5-9(2)12-14-15-13(17(12)4)10-6-7-16(3)11(18)8-10/h6-9H,5H2,1-4H3. The largest absolute Gasteiger partial charge is 0.319 e. The third-order valence-corrected chi connectivity index (χ3v) is 3.32. The Morgan fingerprint density at radius 2 is 2.06 bits per heavy atom. The van der Waals surface area contributed by atoms with Crippen LogP contribution in [0.25, 0.3) is 11.4 Å². The molecule has 0 fully saturated rings. The molecule has 0 aliphatic heterocycles. The second-order valence-corrected chi connectivity index (χ2v) is 4.61. The third-order valence-electron chi connectivity index (χ3n) is 3.32. The minimum absolute atomic E-state index is 0.0411. The lowest BCUT2D eigenvalue weighted by Gasteiger charge is -2.08. The minimum Gasteiger partial charge on any atom is -0.319 e. The highest BCUT2D eigenvalue weighted by Gasteiger charge is 2.15. The van der Waals surface area contributed by atoms with Gasteiger partial charge in [0.2, 0.25) is 0 Å². The zero-order chi connectivity index (χ0) is 13.3. The van der Waals surface area contributed by atoms with E-state index in [-0.39, 0.29) is 5.56 Å². The first-order valence-electron chi connectivity index (χ1n) is 6.11. The van der Waals surface area contributed by atoms with Gasteiger partial charge in [-0.1, -0.05) is 13.8 Å². The summed E-state index contributed by atoms with van der Waals surface area (Å²) in [5.74, 6) is 2.05. The van der Waals surface area contributed by atoms with Crippen molar-refractivity contribution in [1.29, 1.82) is 0 Å². The Morgan fingerprint density at radius 1 is 1.33 bits per heavy atom. The maximum absolute atomic E-state index is 11.6. The van der Waals surface area contributed by atoms with Crippen LogP contribution in [0.4, 0.5) is 0 Å². The molecule has 2 aromatic rings. The van der Waals surface area contributed by atoms with Crippen LogP contribution in [0.3, 0.4) is 0 Å². The maximum atomic E-state index is 11.6. The average molecular weight is 246 g/mol. The third kappa shape index (κ3) is 2.08. The van der Waals surface area contributed by atoms with Crippen LogP contribution in [0, 0.1) is 0 Å². The van der Waals surface area contributed by atoms with Crippen molar-refractivity contribution in [3.8, 4) is 11.4 Å². The van der Waals surface area contributed by atoms with Gasteiger partial charge in [0.05, 0.1) is 0 Å². The fourth-order valence-electron chi connectivity index (χ4n) is 1.89. The zero-order valence-corrected chi connectivity index (χ0v) is 11.2. The number of rotatable bonds is 3. The number of hydrogen-bond donors (Lipinski definition) is 0. The summed E-state index contributed by atoms with van der Waals surface area (Å²) in [7, 11) is 3.67. The first-order chi connectivity index (χ1) is 8.54. The van der Waals surface area contributed by atoms with Gasteiger partial charge in [0.15, 0.2) is 5.82 Å². The molecule has 0 bridgehead atoms. The molecule has 2 rings (SSSR count). The molecule has 1 atom stereocenters.